The van der Waals surface area contributed by atoms with Crippen LogP contribution in [-0.2, 0) is 9.59 Å². The molecule has 9 heteroatoms. The SMILES string of the molecule is C/C=C/CC(NC(=O)C1CCCN1C(=O)c1ccccc1OC(F)F)C(=O)O. The summed E-state index contributed by atoms with van der Waals surface area (Å²) in [7, 11) is 0. The second-order valence-corrected chi connectivity index (χ2v) is 6.24. The molecule has 152 valence electrons. The Kier molecular flexibility index (Phi) is 7.48. The maximum Gasteiger partial charge on any atom is 0.387 e. The summed E-state index contributed by atoms with van der Waals surface area (Å²) in [6, 6.07) is 3.58. The van der Waals surface area contributed by atoms with Crippen molar-refractivity contribution in [3.05, 3.63) is 42.0 Å². The molecule has 2 N–H and O–H groups in total. The number of rotatable bonds is 8. The number of hydrogen-bond donors (Lipinski definition) is 2. The molecule has 0 radical (unpaired) electrons. The van der Waals surface area contributed by atoms with Crippen LogP contribution in [0.3, 0.4) is 0 Å². The zero-order valence-electron chi connectivity index (χ0n) is 15.3. The van der Waals surface area contributed by atoms with Crippen LogP contribution in [0.5, 0.6) is 5.75 Å². The smallest absolute Gasteiger partial charge is 0.387 e. The lowest BCUT2D eigenvalue weighted by atomic mass is 10.1. The molecule has 2 unspecified atom stereocenters. The molecule has 1 aliphatic heterocycles. The van der Waals surface area contributed by atoms with Gasteiger partial charge in [-0.1, -0.05) is 24.3 Å². The zero-order chi connectivity index (χ0) is 20.7. The number of carbonyl (C=O) groups excluding carboxylic acids is 2. The average molecular weight is 396 g/mol. The minimum atomic E-state index is -3.09. The van der Waals surface area contributed by atoms with Gasteiger partial charge in [-0.15, -0.1) is 0 Å². The number of nitrogens with zero attached hydrogens (tertiary/aromatic N) is 1. The van der Waals surface area contributed by atoms with E-state index in [4.69, 9.17) is 0 Å². The van der Waals surface area contributed by atoms with Crippen LogP contribution in [0.1, 0.15) is 36.5 Å². The number of benzene rings is 1. The first-order chi connectivity index (χ1) is 13.3. The molecular weight excluding hydrogens is 374 g/mol. The van der Waals surface area contributed by atoms with Crippen LogP contribution < -0.4 is 10.1 Å². The van der Waals surface area contributed by atoms with E-state index in [-0.39, 0.29) is 24.3 Å². The predicted molar refractivity (Wildman–Crippen MR) is 96.1 cm³/mol. The van der Waals surface area contributed by atoms with E-state index >= 15 is 0 Å². The Labute approximate surface area is 161 Å². The number of likely N-dealkylation sites (tertiary alicyclic amines) is 1. The molecule has 0 aromatic heterocycles. The molecule has 2 rings (SSSR count). The summed E-state index contributed by atoms with van der Waals surface area (Å²) in [4.78, 5) is 38.0. The summed E-state index contributed by atoms with van der Waals surface area (Å²) < 4.78 is 29.6. The Morgan fingerprint density at radius 3 is 2.71 bits per heavy atom. The minimum Gasteiger partial charge on any atom is -0.480 e. The number of hydrogen-bond acceptors (Lipinski definition) is 4. The molecule has 0 bridgehead atoms. The van der Waals surface area contributed by atoms with Gasteiger partial charge < -0.3 is 20.1 Å². The van der Waals surface area contributed by atoms with Crippen LogP contribution in [0.2, 0.25) is 0 Å². The van der Waals surface area contributed by atoms with E-state index in [1.54, 1.807) is 19.1 Å². The summed E-state index contributed by atoms with van der Waals surface area (Å²) in [6.45, 7) is -1.10. The molecule has 2 amide bonds. The van der Waals surface area contributed by atoms with Gasteiger partial charge in [0, 0.05) is 6.54 Å². The van der Waals surface area contributed by atoms with Crippen molar-refractivity contribution in [3.63, 3.8) is 0 Å². The largest absolute Gasteiger partial charge is 0.480 e. The fourth-order valence-electron chi connectivity index (χ4n) is 3.04. The van der Waals surface area contributed by atoms with Crippen LogP contribution >= 0.6 is 0 Å². The molecule has 1 aromatic carbocycles. The molecule has 1 aliphatic rings. The van der Waals surface area contributed by atoms with Crippen molar-refractivity contribution in [2.24, 2.45) is 0 Å². The molecule has 0 saturated carbocycles. The topological polar surface area (TPSA) is 95.9 Å². The van der Waals surface area contributed by atoms with Crippen LogP contribution in [0.15, 0.2) is 36.4 Å². The third-order valence-electron chi connectivity index (χ3n) is 4.37. The van der Waals surface area contributed by atoms with Gasteiger partial charge in [0.2, 0.25) is 5.91 Å². The molecule has 2 atom stereocenters. The number of amides is 2. The van der Waals surface area contributed by atoms with Crippen molar-refractivity contribution in [1.82, 2.24) is 10.2 Å². The van der Waals surface area contributed by atoms with Gasteiger partial charge in [0.05, 0.1) is 5.56 Å². The number of aliphatic carboxylic acids is 1. The van der Waals surface area contributed by atoms with Gasteiger partial charge in [-0.25, -0.2) is 4.79 Å². The second-order valence-electron chi connectivity index (χ2n) is 6.24. The number of ether oxygens (including phenoxy) is 1. The van der Waals surface area contributed by atoms with Crippen molar-refractivity contribution in [3.8, 4) is 5.75 Å². The summed E-state index contributed by atoms with van der Waals surface area (Å²) in [6.07, 6.45) is 4.30. The highest BCUT2D eigenvalue weighted by molar-refractivity contribution is 6.00. The lowest BCUT2D eigenvalue weighted by Crippen LogP contribution is -2.50. The predicted octanol–water partition coefficient (Wildman–Crippen LogP) is 2.43. The first-order valence-corrected chi connectivity index (χ1v) is 8.84. The van der Waals surface area contributed by atoms with Gasteiger partial charge in [0.25, 0.3) is 5.91 Å². The van der Waals surface area contributed by atoms with Gasteiger partial charge in [0.1, 0.15) is 17.8 Å². The van der Waals surface area contributed by atoms with E-state index in [2.05, 4.69) is 10.1 Å². The van der Waals surface area contributed by atoms with Crippen LogP contribution in [-0.4, -0.2) is 53.0 Å². The fraction of sp³-hybridized carbons (Fsp3) is 0.421. The number of nitrogens with one attached hydrogen (secondary N) is 1. The van der Waals surface area contributed by atoms with Crippen molar-refractivity contribution < 1.29 is 33.0 Å². The number of allylic oxidation sites excluding steroid dienone is 1. The van der Waals surface area contributed by atoms with Crippen molar-refractivity contribution in [2.45, 2.75) is 44.9 Å². The van der Waals surface area contributed by atoms with Gasteiger partial charge in [-0.2, -0.15) is 8.78 Å². The van der Waals surface area contributed by atoms with Crippen LogP contribution in [0.25, 0.3) is 0 Å². The van der Waals surface area contributed by atoms with E-state index in [0.29, 0.717) is 12.8 Å². The van der Waals surface area contributed by atoms with Gasteiger partial charge in [0.15, 0.2) is 0 Å². The summed E-state index contributed by atoms with van der Waals surface area (Å²) in [5.74, 6) is -2.66. The maximum atomic E-state index is 12.8. The molecule has 7 nitrogen and oxygen atoms in total. The van der Waals surface area contributed by atoms with Gasteiger partial charge >= 0.3 is 12.6 Å². The van der Waals surface area contributed by atoms with Crippen LogP contribution in [0, 0.1) is 0 Å². The Hall–Kier alpha value is -2.97. The maximum absolute atomic E-state index is 12.8. The Morgan fingerprint density at radius 2 is 2.07 bits per heavy atom. The number of alkyl halides is 2. The number of carbonyl (C=O) groups is 3. The highest BCUT2D eigenvalue weighted by Crippen LogP contribution is 2.26. The molecule has 1 saturated heterocycles. The second kappa shape index (κ2) is 9.82. The summed E-state index contributed by atoms with van der Waals surface area (Å²) >= 11 is 0. The number of carboxylic acid groups (broad SMARTS) is 1. The lowest BCUT2D eigenvalue weighted by Gasteiger charge is -2.26. The van der Waals surface area contributed by atoms with Crippen molar-refractivity contribution in [1.29, 1.82) is 0 Å². The molecule has 1 heterocycles. The Balaban J connectivity index is 2.17. The van der Waals surface area contributed by atoms with Gasteiger partial charge in [-0.3, -0.25) is 9.59 Å². The zero-order valence-corrected chi connectivity index (χ0v) is 15.3. The van der Waals surface area contributed by atoms with Crippen molar-refractivity contribution in [2.75, 3.05) is 6.54 Å². The molecule has 28 heavy (non-hydrogen) atoms. The Bertz CT molecular complexity index is 754. The first-order valence-electron chi connectivity index (χ1n) is 8.84. The third kappa shape index (κ3) is 5.28. The normalized spacial score (nSPS) is 17.7. The average Bonchev–Trinajstić information content (AvgIpc) is 3.14. The van der Waals surface area contributed by atoms with E-state index in [1.807, 2.05) is 0 Å². The highest BCUT2D eigenvalue weighted by Gasteiger charge is 2.37. The van der Waals surface area contributed by atoms with E-state index in [1.165, 1.54) is 29.2 Å². The summed E-state index contributed by atoms with van der Waals surface area (Å²) in [5, 5.41) is 11.7. The van der Waals surface area contributed by atoms with E-state index in [0.717, 1.165) is 0 Å². The number of halogens is 2. The van der Waals surface area contributed by atoms with E-state index < -0.39 is 36.5 Å². The lowest BCUT2D eigenvalue weighted by molar-refractivity contribution is -0.142. The molecular formula is C19H22F2N2O5. The molecule has 0 spiro atoms. The molecule has 0 aliphatic carbocycles. The third-order valence-corrected chi connectivity index (χ3v) is 4.37. The highest BCUT2D eigenvalue weighted by atomic mass is 19.3. The first kappa shape index (κ1) is 21.3. The quantitative estimate of drug-likeness (QED) is 0.658. The molecule has 1 aromatic rings. The standard InChI is InChI=1S/C19H22F2N2O5/c1-2-3-8-13(18(26)27)22-16(24)14-9-6-11-23(14)17(25)12-7-4-5-10-15(12)28-19(20)21/h2-5,7,10,13-14,19H,6,8-9,11H2,1H3,(H,22,24)(H,26,27)/b3-2+. The number of para-hydroxylation sites is 1. The fourth-order valence-corrected chi connectivity index (χ4v) is 3.04. The van der Waals surface area contributed by atoms with Gasteiger partial charge in [-0.05, 0) is 38.3 Å². The van der Waals surface area contributed by atoms with E-state index in [9.17, 15) is 28.3 Å². The Morgan fingerprint density at radius 1 is 1.36 bits per heavy atom. The monoisotopic (exact) mass is 396 g/mol. The summed E-state index contributed by atoms with van der Waals surface area (Å²) in [5.41, 5.74) is -0.0776. The van der Waals surface area contributed by atoms with Crippen molar-refractivity contribution >= 4 is 17.8 Å². The molecule has 1 fully saturated rings. The number of carboxylic acids is 1. The van der Waals surface area contributed by atoms with Crippen LogP contribution in [0.4, 0.5) is 8.78 Å². The minimum absolute atomic E-state index is 0.0776.